The van der Waals surface area contributed by atoms with E-state index in [1.165, 1.54) is 0 Å². The second-order valence-corrected chi connectivity index (χ2v) is 6.76. The Morgan fingerprint density at radius 3 is 2.58 bits per heavy atom. The Morgan fingerprint density at radius 1 is 1.15 bits per heavy atom. The number of hydrogen-bond acceptors (Lipinski definition) is 5. The SMILES string of the molecule is CCSc1nnc(-c2ccc(NC(=O)c3ccccc3OC)cc2)n1C. The van der Waals surface area contributed by atoms with Gasteiger partial charge >= 0.3 is 0 Å². The summed E-state index contributed by atoms with van der Waals surface area (Å²) in [4.78, 5) is 12.5. The molecule has 0 saturated carbocycles. The summed E-state index contributed by atoms with van der Waals surface area (Å²) in [5, 5.41) is 12.2. The van der Waals surface area contributed by atoms with Crippen molar-refractivity contribution in [3.8, 4) is 17.1 Å². The van der Waals surface area contributed by atoms with Gasteiger partial charge in [-0.05, 0) is 42.2 Å². The number of amides is 1. The number of ether oxygens (including phenoxy) is 1. The molecule has 7 heteroatoms. The largest absolute Gasteiger partial charge is 0.496 e. The van der Waals surface area contributed by atoms with Gasteiger partial charge in [-0.3, -0.25) is 4.79 Å². The molecule has 1 amide bonds. The van der Waals surface area contributed by atoms with Crippen molar-refractivity contribution in [2.45, 2.75) is 12.1 Å². The number of anilines is 1. The highest BCUT2D eigenvalue weighted by Gasteiger charge is 2.13. The molecule has 0 aliphatic rings. The van der Waals surface area contributed by atoms with E-state index in [1.54, 1.807) is 37.1 Å². The molecule has 134 valence electrons. The average molecular weight is 368 g/mol. The highest BCUT2D eigenvalue weighted by molar-refractivity contribution is 7.99. The minimum absolute atomic E-state index is 0.213. The highest BCUT2D eigenvalue weighted by Crippen LogP contribution is 2.24. The van der Waals surface area contributed by atoms with Gasteiger partial charge in [-0.1, -0.05) is 30.8 Å². The fourth-order valence-corrected chi connectivity index (χ4v) is 3.19. The predicted molar refractivity (Wildman–Crippen MR) is 104 cm³/mol. The molecule has 0 radical (unpaired) electrons. The van der Waals surface area contributed by atoms with Crippen LogP contribution >= 0.6 is 11.8 Å². The zero-order valence-electron chi connectivity index (χ0n) is 14.9. The van der Waals surface area contributed by atoms with Crippen molar-refractivity contribution in [2.24, 2.45) is 7.05 Å². The van der Waals surface area contributed by atoms with Crippen LogP contribution in [-0.2, 0) is 7.05 Å². The fraction of sp³-hybridized carbons (Fsp3) is 0.211. The van der Waals surface area contributed by atoms with Crippen molar-refractivity contribution in [1.82, 2.24) is 14.8 Å². The van der Waals surface area contributed by atoms with Gasteiger partial charge in [0, 0.05) is 18.3 Å². The molecule has 0 aliphatic carbocycles. The van der Waals surface area contributed by atoms with E-state index in [2.05, 4.69) is 22.4 Å². The van der Waals surface area contributed by atoms with Gasteiger partial charge in [-0.15, -0.1) is 10.2 Å². The molecule has 0 aliphatic heterocycles. The second kappa shape index (κ2) is 8.05. The number of nitrogens with one attached hydrogen (secondary N) is 1. The molecule has 2 aromatic carbocycles. The van der Waals surface area contributed by atoms with Crippen LogP contribution in [0.4, 0.5) is 5.69 Å². The van der Waals surface area contributed by atoms with E-state index in [0.29, 0.717) is 17.0 Å². The first kappa shape index (κ1) is 18.0. The van der Waals surface area contributed by atoms with Crippen molar-refractivity contribution in [1.29, 1.82) is 0 Å². The van der Waals surface area contributed by atoms with E-state index >= 15 is 0 Å². The Balaban J connectivity index is 1.77. The Labute approximate surface area is 156 Å². The number of carbonyl (C=O) groups excluding carboxylic acids is 1. The summed E-state index contributed by atoms with van der Waals surface area (Å²) in [6.07, 6.45) is 0. The predicted octanol–water partition coefficient (Wildman–Crippen LogP) is 3.86. The molecule has 0 saturated heterocycles. The zero-order chi connectivity index (χ0) is 18.5. The first-order valence-electron chi connectivity index (χ1n) is 8.21. The lowest BCUT2D eigenvalue weighted by molar-refractivity contribution is 0.102. The highest BCUT2D eigenvalue weighted by atomic mass is 32.2. The van der Waals surface area contributed by atoms with E-state index in [0.717, 1.165) is 22.3 Å². The summed E-state index contributed by atoms with van der Waals surface area (Å²) in [5.41, 5.74) is 2.14. The van der Waals surface area contributed by atoms with Gasteiger partial charge in [-0.25, -0.2) is 0 Å². The minimum Gasteiger partial charge on any atom is -0.496 e. The van der Waals surface area contributed by atoms with Crippen molar-refractivity contribution < 1.29 is 9.53 Å². The van der Waals surface area contributed by atoms with Gasteiger partial charge in [-0.2, -0.15) is 0 Å². The van der Waals surface area contributed by atoms with Gasteiger partial charge in [0.25, 0.3) is 5.91 Å². The number of benzene rings is 2. The van der Waals surface area contributed by atoms with Crippen LogP contribution in [0.1, 0.15) is 17.3 Å². The molecule has 6 nitrogen and oxygen atoms in total. The first-order chi connectivity index (χ1) is 12.6. The van der Waals surface area contributed by atoms with Crippen molar-refractivity contribution in [3.63, 3.8) is 0 Å². The Morgan fingerprint density at radius 2 is 1.88 bits per heavy atom. The standard InChI is InChI=1S/C19H20N4O2S/c1-4-26-19-22-21-17(23(19)2)13-9-11-14(12-10-13)20-18(24)15-7-5-6-8-16(15)25-3/h5-12H,4H2,1-3H3,(H,20,24). The maximum Gasteiger partial charge on any atom is 0.259 e. The monoisotopic (exact) mass is 368 g/mol. The Bertz CT molecular complexity index is 906. The van der Waals surface area contributed by atoms with Gasteiger partial charge in [0.2, 0.25) is 0 Å². The summed E-state index contributed by atoms with van der Waals surface area (Å²) in [6.45, 7) is 2.08. The molecule has 3 aromatic rings. The van der Waals surface area contributed by atoms with Gasteiger partial charge in [0.05, 0.1) is 12.7 Å². The lowest BCUT2D eigenvalue weighted by Crippen LogP contribution is -2.13. The third kappa shape index (κ3) is 3.72. The number of rotatable bonds is 6. The van der Waals surface area contributed by atoms with Crippen molar-refractivity contribution in [2.75, 3.05) is 18.2 Å². The minimum atomic E-state index is -0.213. The summed E-state index contributed by atoms with van der Waals surface area (Å²) >= 11 is 1.65. The summed E-state index contributed by atoms with van der Waals surface area (Å²) in [6, 6.07) is 14.7. The maximum absolute atomic E-state index is 12.5. The van der Waals surface area contributed by atoms with E-state index < -0.39 is 0 Å². The lowest BCUT2D eigenvalue weighted by atomic mass is 10.1. The van der Waals surface area contributed by atoms with E-state index in [9.17, 15) is 4.79 Å². The molecular weight excluding hydrogens is 348 g/mol. The number of carbonyl (C=O) groups is 1. The van der Waals surface area contributed by atoms with Gasteiger partial charge in [0.1, 0.15) is 5.75 Å². The first-order valence-corrected chi connectivity index (χ1v) is 9.19. The molecule has 3 rings (SSSR count). The van der Waals surface area contributed by atoms with Crippen LogP contribution in [0.15, 0.2) is 53.7 Å². The van der Waals surface area contributed by atoms with E-state index in [1.807, 2.05) is 41.9 Å². The molecular formula is C19H20N4O2S. The quantitative estimate of drug-likeness (QED) is 0.669. The van der Waals surface area contributed by atoms with Crippen LogP contribution in [0.3, 0.4) is 0 Å². The second-order valence-electron chi connectivity index (χ2n) is 5.53. The van der Waals surface area contributed by atoms with Crippen molar-refractivity contribution >= 4 is 23.4 Å². The topological polar surface area (TPSA) is 69.0 Å². The molecule has 0 atom stereocenters. The van der Waals surface area contributed by atoms with Crippen LogP contribution in [0.5, 0.6) is 5.75 Å². The van der Waals surface area contributed by atoms with E-state index in [4.69, 9.17) is 4.74 Å². The van der Waals surface area contributed by atoms with Crippen LogP contribution in [-0.4, -0.2) is 33.5 Å². The number of nitrogens with zero attached hydrogens (tertiary/aromatic N) is 3. The zero-order valence-corrected chi connectivity index (χ0v) is 15.7. The number of aromatic nitrogens is 3. The molecule has 1 N–H and O–H groups in total. The molecule has 1 heterocycles. The third-order valence-electron chi connectivity index (χ3n) is 3.86. The van der Waals surface area contributed by atoms with Crippen LogP contribution in [0, 0.1) is 0 Å². The summed E-state index contributed by atoms with van der Waals surface area (Å²) in [5.74, 6) is 2.07. The van der Waals surface area contributed by atoms with Crippen LogP contribution < -0.4 is 10.1 Å². The normalized spacial score (nSPS) is 10.6. The summed E-state index contributed by atoms with van der Waals surface area (Å²) in [7, 11) is 3.50. The smallest absolute Gasteiger partial charge is 0.259 e. The summed E-state index contributed by atoms with van der Waals surface area (Å²) < 4.78 is 7.20. The van der Waals surface area contributed by atoms with E-state index in [-0.39, 0.29) is 5.91 Å². The number of para-hydroxylation sites is 1. The third-order valence-corrected chi connectivity index (χ3v) is 4.76. The molecule has 0 spiro atoms. The molecule has 26 heavy (non-hydrogen) atoms. The Hall–Kier alpha value is -2.80. The maximum atomic E-state index is 12.5. The number of thioether (sulfide) groups is 1. The molecule has 0 fully saturated rings. The number of methoxy groups -OCH3 is 1. The molecule has 0 bridgehead atoms. The molecule has 0 unspecified atom stereocenters. The van der Waals surface area contributed by atoms with Crippen molar-refractivity contribution in [3.05, 3.63) is 54.1 Å². The van der Waals surface area contributed by atoms with Crippen LogP contribution in [0.2, 0.25) is 0 Å². The average Bonchev–Trinajstić information content (AvgIpc) is 3.03. The molecule has 1 aromatic heterocycles. The lowest BCUT2D eigenvalue weighted by Gasteiger charge is -2.09. The Kier molecular flexibility index (Phi) is 5.58. The van der Waals surface area contributed by atoms with Crippen LogP contribution in [0.25, 0.3) is 11.4 Å². The number of hydrogen-bond donors (Lipinski definition) is 1. The van der Waals surface area contributed by atoms with Gasteiger partial charge in [0.15, 0.2) is 11.0 Å². The fourth-order valence-electron chi connectivity index (χ4n) is 2.55. The van der Waals surface area contributed by atoms with Gasteiger partial charge < -0.3 is 14.6 Å².